The van der Waals surface area contributed by atoms with Crippen LogP contribution in [0.4, 0.5) is 0 Å². The molecule has 1 rings (SSSR count). The molecule has 0 aromatic heterocycles. The monoisotopic (exact) mass is 208 g/mol. The van der Waals surface area contributed by atoms with Crippen LogP contribution in [-0.2, 0) is 15.4 Å². The van der Waals surface area contributed by atoms with E-state index in [2.05, 4.69) is 13.5 Å². The van der Waals surface area contributed by atoms with Crippen molar-refractivity contribution in [2.75, 3.05) is 0 Å². The highest BCUT2D eigenvalue weighted by Gasteiger charge is 2.03. The van der Waals surface area contributed by atoms with Gasteiger partial charge in [-0.15, -0.1) is 0 Å². The van der Waals surface area contributed by atoms with Crippen molar-refractivity contribution < 1.29 is 8.98 Å². The Kier molecular flexibility index (Phi) is 4.26. The van der Waals surface area contributed by atoms with Crippen LogP contribution in [0.5, 0.6) is 0 Å². The highest BCUT2D eigenvalue weighted by Crippen LogP contribution is 2.23. The molecule has 2 nitrogen and oxygen atoms in total. The zero-order valence-electron chi connectivity index (χ0n) is 8.03. The Balaban J connectivity index is 2.66. The van der Waals surface area contributed by atoms with Gasteiger partial charge in [-0.2, -0.15) is 0 Å². The molecule has 0 radical (unpaired) electrons. The van der Waals surface area contributed by atoms with Gasteiger partial charge >= 0.3 is 5.97 Å². The normalized spacial score (nSPS) is 9.50. The minimum Gasteiger partial charge on any atom is -0.383 e. The molecule has 0 aliphatic heterocycles. The first kappa shape index (κ1) is 10.9. The van der Waals surface area contributed by atoms with Gasteiger partial charge in [-0.05, 0) is 18.1 Å². The lowest BCUT2D eigenvalue weighted by Gasteiger charge is -2.04. The molecule has 0 aliphatic rings. The van der Waals surface area contributed by atoms with Gasteiger partial charge in [-0.3, -0.25) is 0 Å². The smallest absolute Gasteiger partial charge is 0.342 e. The first-order chi connectivity index (χ1) is 6.77. The second-order valence-electron chi connectivity index (χ2n) is 2.65. The molecule has 0 bridgehead atoms. The fraction of sp³-hybridized carbons (Fsp3) is 0.182. The Labute approximate surface area is 88.2 Å². The standard InChI is InChI=1S/C11H12O2S/c1-3-9-7-5-6-8-10(9)14-13-11(12)4-2/h4-8H,2-3H2,1H3. The Morgan fingerprint density at radius 2 is 2.29 bits per heavy atom. The second-order valence-corrected chi connectivity index (χ2v) is 3.42. The van der Waals surface area contributed by atoms with Gasteiger partial charge in [-0.25, -0.2) is 4.79 Å². The minimum atomic E-state index is -0.416. The van der Waals surface area contributed by atoms with Crippen molar-refractivity contribution in [1.82, 2.24) is 0 Å². The van der Waals surface area contributed by atoms with Crippen LogP contribution in [0.3, 0.4) is 0 Å². The van der Waals surface area contributed by atoms with Crippen LogP contribution in [0, 0.1) is 0 Å². The first-order valence-corrected chi connectivity index (χ1v) is 5.11. The van der Waals surface area contributed by atoms with Crippen LogP contribution in [-0.4, -0.2) is 5.97 Å². The summed E-state index contributed by atoms with van der Waals surface area (Å²) in [7, 11) is 0. The van der Waals surface area contributed by atoms with Crippen molar-refractivity contribution >= 4 is 18.0 Å². The van der Waals surface area contributed by atoms with Crippen LogP contribution < -0.4 is 0 Å². The number of hydrogen-bond acceptors (Lipinski definition) is 3. The van der Waals surface area contributed by atoms with Crippen molar-refractivity contribution in [2.45, 2.75) is 18.2 Å². The fourth-order valence-electron chi connectivity index (χ4n) is 0.997. The highest BCUT2D eigenvalue weighted by atomic mass is 32.2. The van der Waals surface area contributed by atoms with Crippen LogP contribution in [0.15, 0.2) is 41.8 Å². The summed E-state index contributed by atoms with van der Waals surface area (Å²) in [4.78, 5) is 11.8. The van der Waals surface area contributed by atoms with E-state index in [0.29, 0.717) is 0 Å². The molecule has 3 heteroatoms. The molecular weight excluding hydrogens is 196 g/mol. The molecule has 0 heterocycles. The van der Waals surface area contributed by atoms with E-state index in [0.717, 1.165) is 29.4 Å². The molecule has 0 amide bonds. The van der Waals surface area contributed by atoms with Gasteiger partial charge in [0.05, 0.1) is 16.9 Å². The van der Waals surface area contributed by atoms with Crippen LogP contribution in [0.1, 0.15) is 12.5 Å². The van der Waals surface area contributed by atoms with E-state index in [1.165, 1.54) is 5.56 Å². The van der Waals surface area contributed by atoms with Crippen molar-refractivity contribution in [3.63, 3.8) is 0 Å². The maximum atomic E-state index is 10.8. The van der Waals surface area contributed by atoms with Gasteiger partial charge in [0.2, 0.25) is 0 Å². The second kappa shape index (κ2) is 5.50. The third-order valence-electron chi connectivity index (χ3n) is 1.73. The third kappa shape index (κ3) is 2.92. The summed E-state index contributed by atoms with van der Waals surface area (Å²) in [5.74, 6) is -0.416. The number of hydrogen-bond donors (Lipinski definition) is 0. The molecule has 1 aromatic carbocycles. The molecule has 0 N–H and O–H groups in total. The molecule has 0 spiro atoms. The Bertz CT molecular complexity index is 334. The summed E-state index contributed by atoms with van der Waals surface area (Å²) in [6.07, 6.45) is 2.08. The predicted octanol–water partition coefficient (Wildman–Crippen LogP) is 2.99. The van der Waals surface area contributed by atoms with Crippen molar-refractivity contribution in [1.29, 1.82) is 0 Å². The number of benzene rings is 1. The summed E-state index contributed by atoms with van der Waals surface area (Å²) in [6.45, 7) is 5.39. The van der Waals surface area contributed by atoms with E-state index in [1.807, 2.05) is 24.3 Å². The lowest BCUT2D eigenvalue weighted by atomic mass is 10.2. The van der Waals surface area contributed by atoms with Gasteiger partial charge in [0.15, 0.2) is 0 Å². The number of carbonyl (C=O) groups is 1. The summed E-state index contributed by atoms with van der Waals surface area (Å²) in [6, 6.07) is 7.84. The SMILES string of the molecule is C=CC(=O)OSc1ccccc1CC. The minimum absolute atomic E-state index is 0.416. The maximum absolute atomic E-state index is 10.8. The fourth-order valence-corrected chi connectivity index (χ4v) is 1.69. The van der Waals surface area contributed by atoms with Gasteiger partial charge in [0.25, 0.3) is 0 Å². The van der Waals surface area contributed by atoms with Crippen molar-refractivity contribution in [2.24, 2.45) is 0 Å². The van der Waals surface area contributed by atoms with E-state index < -0.39 is 5.97 Å². The van der Waals surface area contributed by atoms with Crippen LogP contribution >= 0.6 is 12.0 Å². The van der Waals surface area contributed by atoms with E-state index in [9.17, 15) is 4.79 Å². The molecule has 1 aromatic rings. The summed E-state index contributed by atoms with van der Waals surface area (Å²) in [5, 5.41) is 0. The number of aryl methyl sites for hydroxylation is 1. The van der Waals surface area contributed by atoms with E-state index in [4.69, 9.17) is 4.18 Å². The van der Waals surface area contributed by atoms with Crippen molar-refractivity contribution in [3.05, 3.63) is 42.5 Å². The molecule has 0 saturated carbocycles. The molecule has 0 aliphatic carbocycles. The topological polar surface area (TPSA) is 26.3 Å². The number of carbonyl (C=O) groups excluding carboxylic acids is 1. The largest absolute Gasteiger partial charge is 0.383 e. The Morgan fingerprint density at radius 1 is 1.57 bits per heavy atom. The Hall–Kier alpha value is -1.22. The molecule has 74 valence electrons. The van der Waals surface area contributed by atoms with Crippen LogP contribution in [0.2, 0.25) is 0 Å². The summed E-state index contributed by atoms with van der Waals surface area (Å²) < 4.78 is 4.88. The first-order valence-electron chi connectivity index (χ1n) is 4.36. The molecule has 0 fully saturated rings. The number of rotatable bonds is 4. The quantitative estimate of drug-likeness (QED) is 0.562. The van der Waals surface area contributed by atoms with Gasteiger partial charge in [0.1, 0.15) is 0 Å². The zero-order chi connectivity index (χ0) is 10.4. The van der Waals surface area contributed by atoms with Crippen molar-refractivity contribution in [3.8, 4) is 0 Å². The van der Waals surface area contributed by atoms with E-state index in [1.54, 1.807) is 0 Å². The molecule has 0 atom stereocenters. The molecule has 14 heavy (non-hydrogen) atoms. The lowest BCUT2D eigenvalue weighted by molar-refractivity contribution is -0.127. The average molecular weight is 208 g/mol. The molecule has 0 saturated heterocycles. The van der Waals surface area contributed by atoms with Gasteiger partial charge in [-0.1, -0.05) is 31.7 Å². The lowest BCUT2D eigenvalue weighted by Crippen LogP contribution is -1.93. The third-order valence-corrected chi connectivity index (χ3v) is 2.56. The van der Waals surface area contributed by atoms with Crippen LogP contribution in [0.25, 0.3) is 0 Å². The molecule has 0 unspecified atom stereocenters. The molecular formula is C11H12O2S. The summed E-state index contributed by atoms with van der Waals surface area (Å²) >= 11 is 1.08. The zero-order valence-corrected chi connectivity index (χ0v) is 8.84. The average Bonchev–Trinajstić information content (AvgIpc) is 2.26. The summed E-state index contributed by atoms with van der Waals surface area (Å²) in [5.41, 5.74) is 1.18. The van der Waals surface area contributed by atoms with E-state index in [-0.39, 0.29) is 0 Å². The highest BCUT2D eigenvalue weighted by molar-refractivity contribution is 7.95. The Morgan fingerprint density at radius 3 is 2.93 bits per heavy atom. The predicted molar refractivity (Wildman–Crippen MR) is 58.0 cm³/mol. The maximum Gasteiger partial charge on any atom is 0.342 e. The van der Waals surface area contributed by atoms with Gasteiger partial charge < -0.3 is 4.18 Å². The van der Waals surface area contributed by atoms with Gasteiger partial charge in [0, 0.05) is 6.08 Å². The van der Waals surface area contributed by atoms with E-state index >= 15 is 0 Å².